The molecule has 0 radical (unpaired) electrons. The van der Waals surface area contributed by atoms with E-state index in [0.29, 0.717) is 5.56 Å². The average Bonchev–Trinajstić information content (AvgIpc) is 2.61. The Bertz CT molecular complexity index is 701. The zero-order chi connectivity index (χ0) is 22.7. The number of halogens is 6. The van der Waals surface area contributed by atoms with Crippen LogP contribution in [0.25, 0.3) is 0 Å². The van der Waals surface area contributed by atoms with E-state index in [1.165, 1.54) is 18.2 Å². The number of hydrogen-bond donors (Lipinski definition) is 0. The molecule has 1 aromatic rings. The van der Waals surface area contributed by atoms with Gasteiger partial charge in [0, 0.05) is 5.92 Å². The predicted molar refractivity (Wildman–Crippen MR) is 106 cm³/mol. The normalized spacial score (nSPS) is 15.8. The van der Waals surface area contributed by atoms with Gasteiger partial charge in [0.25, 0.3) is 0 Å². The molecule has 0 aliphatic carbocycles. The van der Waals surface area contributed by atoms with Crippen LogP contribution in [0.15, 0.2) is 48.1 Å². The average molecular weight is 420 g/mol. The van der Waals surface area contributed by atoms with E-state index in [4.69, 9.17) is 0 Å². The summed E-state index contributed by atoms with van der Waals surface area (Å²) < 4.78 is 84.7. The number of alkyl halides is 6. The lowest BCUT2D eigenvalue weighted by Gasteiger charge is -2.41. The van der Waals surface area contributed by atoms with Crippen molar-refractivity contribution in [3.8, 4) is 0 Å². The van der Waals surface area contributed by atoms with Gasteiger partial charge in [-0.15, -0.1) is 0 Å². The quantitative estimate of drug-likeness (QED) is 0.307. The zero-order valence-electron chi connectivity index (χ0n) is 17.8. The molecule has 0 aliphatic rings. The van der Waals surface area contributed by atoms with Crippen LogP contribution in [-0.4, -0.2) is 12.4 Å². The molecule has 0 N–H and O–H groups in total. The highest BCUT2D eigenvalue weighted by Gasteiger charge is 2.73. The van der Waals surface area contributed by atoms with Crippen LogP contribution in [0.2, 0.25) is 0 Å². The Hall–Kier alpha value is -1.72. The Labute approximate surface area is 169 Å². The molecule has 0 saturated heterocycles. The maximum absolute atomic E-state index is 14.1. The van der Waals surface area contributed by atoms with Crippen molar-refractivity contribution < 1.29 is 26.3 Å². The first-order chi connectivity index (χ1) is 13.2. The van der Waals surface area contributed by atoms with Crippen molar-refractivity contribution in [3.05, 3.63) is 59.2 Å². The van der Waals surface area contributed by atoms with Gasteiger partial charge >= 0.3 is 12.4 Å². The fourth-order valence-electron chi connectivity index (χ4n) is 3.78. The zero-order valence-corrected chi connectivity index (χ0v) is 17.8. The second-order valence-corrected chi connectivity index (χ2v) is 7.83. The Kier molecular flexibility index (Phi) is 7.83. The van der Waals surface area contributed by atoms with Crippen LogP contribution in [0.5, 0.6) is 0 Å². The summed E-state index contributed by atoms with van der Waals surface area (Å²) >= 11 is 0. The third-order valence-electron chi connectivity index (χ3n) is 6.22. The van der Waals surface area contributed by atoms with E-state index in [0.717, 1.165) is 43.5 Å². The molecule has 164 valence electrons. The highest BCUT2D eigenvalue weighted by atomic mass is 19.4. The molecule has 1 aromatic carbocycles. The van der Waals surface area contributed by atoms with Gasteiger partial charge in [-0.3, -0.25) is 0 Å². The first kappa shape index (κ1) is 25.3. The number of hydrogen-bond acceptors (Lipinski definition) is 0. The monoisotopic (exact) mass is 420 g/mol. The molecule has 0 aliphatic heterocycles. The molecular weight excluding hydrogens is 390 g/mol. The summed E-state index contributed by atoms with van der Waals surface area (Å²) in [6.07, 6.45) is -5.34. The summed E-state index contributed by atoms with van der Waals surface area (Å²) in [4.78, 5) is 0. The van der Waals surface area contributed by atoms with Gasteiger partial charge in [0.1, 0.15) is 0 Å². The van der Waals surface area contributed by atoms with Crippen LogP contribution in [0.1, 0.15) is 58.6 Å². The fraction of sp³-hybridized carbons (Fsp3) is 0.565. The van der Waals surface area contributed by atoms with Gasteiger partial charge in [0.05, 0.1) is 0 Å². The maximum Gasteiger partial charge on any atom is 0.407 e. The third-order valence-corrected chi connectivity index (χ3v) is 6.22. The van der Waals surface area contributed by atoms with E-state index >= 15 is 0 Å². The van der Waals surface area contributed by atoms with Crippen molar-refractivity contribution in [2.45, 2.75) is 72.2 Å². The van der Waals surface area contributed by atoms with Crippen LogP contribution in [0.4, 0.5) is 26.3 Å². The Balaban J connectivity index is 3.65. The van der Waals surface area contributed by atoms with Crippen LogP contribution in [0.3, 0.4) is 0 Å². The third kappa shape index (κ3) is 4.72. The molecule has 0 aromatic heterocycles. The van der Waals surface area contributed by atoms with Crippen molar-refractivity contribution in [1.82, 2.24) is 0 Å². The van der Waals surface area contributed by atoms with Crippen molar-refractivity contribution in [1.29, 1.82) is 0 Å². The van der Waals surface area contributed by atoms with Gasteiger partial charge in [0.15, 0.2) is 5.41 Å². The van der Waals surface area contributed by atoms with Gasteiger partial charge < -0.3 is 0 Å². The molecule has 1 unspecified atom stereocenters. The summed E-state index contributed by atoms with van der Waals surface area (Å²) in [6.45, 7) is 10.2. The van der Waals surface area contributed by atoms with Gasteiger partial charge in [-0.05, 0) is 43.2 Å². The molecule has 1 atom stereocenters. The standard InChI is InChI=1S/C23H30F6/c1-7-18(20(6,8-2)9-3)15-12-17(5)21(22(24,25)26,23(27,28)29)19-13-10-16(4)11-14-19/h7,10-15,17H,8-9H2,1-6H3/b15-12-,18-7+. The number of allylic oxidation sites excluding steroid dienone is 4. The van der Waals surface area contributed by atoms with E-state index < -0.39 is 29.2 Å². The summed E-state index contributed by atoms with van der Waals surface area (Å²) in [7, 11) is 0. The van der Waals surface area contributed by atoms with Crippen LogP contribution >= 0.6 is 0 Å². The van der Waals surface area contributed by atoms with Gasteiger partial charge in [-0.25, -0.2) is 0 Å². The largest absolute Gasteiger partial charge is 0.407 e. The molecule has 6 heteroatoms. The van der Waals surface area contributed by atoms with Crippen LogP contribution in [0, 0.1) is 18.3 Å². The number of benzene rings is 1. The fourth-order valence-corrected chi connectivity index (χ4v) is 3.78. The molecule has 0 bridgehead atoms. The minimum Gasteiger partial charge on any atom is -0.170 e. The Morgan fingerprint density at radius 3 is 1.72 bits per heavy atom. The second-order valence-electron chi connectivity index (χ2n) is 7.83. The number of aryl methyl sites for hydroxylation is 1. The summed E-state index contributed by atoms with van der Waals surface area (Å²) in [6, 6.07) is 4.42. The molecule has 0 fully saturated rings. The van der Waals surface area contributed by atoms with Gasteiger partial charge in [0.2, 0.25) is 0 Å². The summed E-state index contributed by atoms with van der Waals surface area (Å²) in [5.41, 5.74) is -3.77. The highest BCUT2D eigenvalue weighted by molar-refractivity contribution is 5.36. The van der Waals surface area contributed by atoms with E-state index in [2.05, 4.69) is 0 Å². The lowest BCUT2D eigenvalue weighted by Crippen LogP contribution is -2.57. The lowest BCUT2D eigenvalue weighted by molar-refractivity contribution is -0.313. The first-order valence-electron chi connectivity index (χ1n) is 9.76. The summed E-state index contributed by atoms with van der Waals surface area (Å²) in [5, 5.41) is 0. The molecular formula is C23H30F6. The van der Waals surface area contributed by atoms with Gasteiger partial charge in [-0.1, -0.05) is 75.8 Å². The Morgan fingerprint density at radius 2 is 1.38 bits per heavy atom. The topological polar surface area (TPSA) is 0 Å². The minimum absolute atomic E-state index is 0.312. The molecule has 0 amide bonds. The summed E-state index contributed by atoms with van der Waals surface area (Å²) in [5.74, 6) is -1.85. The maximum atomic E-state index is 14.1. The molecule has 29 heavy (non-hydrogen) atoms. The highest BCUT2D eigenvalue weighted by Crippen LogP contribution is 2.57. The smallest absolute Gasteiger partial charge is 0.170 e. The molecule has 0 nitrogen and oxygen atoms in total. The first-order valence-corrected chi connectivity index (χ1v) is 9.76. The van der Waals surface area contributed by atoms with Crippen molar-refractivity contribution in [2.24, 2.45) is 11.3 Å². The van der Waals surface area contributed by atoms with E-state index in [-0.39, 0.29) is 5.41 Å². The molecule has 1 rings (SSSR count). The second kappa shape index (κ2) is 8.97. The minimum atomic E-state index is -5.51. The van der Waals surface area contributed by atoms with Crippen molar-refractivity contribution in [3.63, 3.8) is 0 Å². The molecule has 0 spiro atoms. The number of rotatable bonds is 7. The van der Waals surface area contributed by atoms with Crippen LogP contribution < -0.4 is 0 Å². The van der Waals surface area contributed by atoms with E-state index in [9.17, 15) is 26.3 Å². The SMILES string of the molecule is C/C=C(\C=C/C(C)C(c1ccc(C)cc1)(C(F)(F)F)C(F)(F)F)C(C)(CC)CC. The lowest BCUT2D eigenvalue weighted by atomic mass is 9.68. The Morgan fingerprint density at radius 1 is 0.931 bits per heavy atom. The van der Waals surface area contributed by atoms with E-state index in [1.807, 2.05) is 20.8 Å². The molecule has 0 saturated carbocycles. The van der Waals surface area contributed by atoms with Crippen LogP contribution in [-0.2, 0) is 5.41 Å². The van der Waals surface area contributed by atoms with Crippen molar-refractivity contribution in [2.75, 3.05) is 0 Å². The van der Waals surface area contributed by atoms with Crippen molar-refractivity contribution >= 4 is 0 Å². The van der Waals surface area contributed by atoms with Gasteiger partial charge in [-0.2, -0.15) is 26.3 Å². The predicted octanol–water partition coefficient (Wildman–Crippen LogP) is 8.32. The molecule has 0 heterocycles. The van der Waals surface area contributed by atoms with E-state index in [1.54, 1.807) is 19.9 Å².